The summed E-state index contributed by atoms with van der Waals surface area (Å²) in [4.78, 5) is 11.7. The Balaban J connectivity index is 2.12. The van der Waals surface area contributed by atoms with Crippen LogP contribution in [0.4, 0.5) is 0 Å². The van der Waals surface area contributed by atoms with E-state index in [4.69, 9.17) is 8.85 Å². The van der Waals surface area contributed by atoms with Crippen LogP contribution in [0.15, 0.2) is 12.2 Å². The van der Waals surface area contributed by atoms with Gasteiger partial charge in [-0.3, -0.25) is 4.79 Å². The summed E-state index contributed by atoms with van der Waals surface area (Å²) in [5.74, 6) is 0. The average molecular weight is 475 g/mol. The van der Waals surface area contributed by atoms with Gasteiger partial charge in [0.25, 0.3) is 0 Å². The summed E-state index contributed by atoms with van der Waals surface area (Å²) in [6.45, 7) is 23.8. The molecule has 0 radical (unpaired) electrons. The van der Waals surface area contributed by atoms with Crippen molar-refractivity contribution in [1.29, 1.82) is 0 Å². The second-order valence-electron chi connectivity index (χ2n) is 11.5. The molecular formula is C22H42O3S2Si2. The first-order valence-corrected chi connectivity index (χ1v) is 18.5. The molecule has 0 spiro atoms. The van der Waals surface area contributed by atoms with Crippen molar-refractivity contribution in [3.63, 3.8) is 0 Å². The van der Waals surface area contributed by atoms with Gasteiger partial charge in [0.15, 0.2) is 16.6 Å². The molecule has 29 heavy (non-hydrogen) atoms. The standard InChI is InChI=1S/C22H42O3S2Si2/c1-21(2,3)28(7,8)24-15-16(25-29(9,10)22(4,5)6)17-11-12-18(26-17)19-13-14-20(23)27-19/h13-14,16-19H,11-12,15H2,1-10H3/t16-,17-,18-,19-/m1/s1. The largest absolute Gasteiger partial charge is 0.414 e. The number of rotatable bonds is 7. The highest BCUT2D eigenvalue weighted by molar-refractivity contribution is 8.16. The summed E-state index contributed by atoms with van der Waals surface area (Å²) in [5, 5.41) is 1.86. The SMILES string of the molecule is CC(C)(C)[Si](C)(C)OC[C@@H](O[Si](C)(C)C(C)(C)C)[C@H]1CC[C@H]([C@H]2C=CC(=O)S2)S1. The van der Waals surface area contributed by atoms with E-state index in [1.165, 1.54) is 11.8 Å². The van der Waals surface area contributed by atoms with Crippen LogP contribution in [0.1, 0.15) is 54.4 Å². The minimum Gasteiger partial charge on any atom is -0.414 e. The van der Waals surface area contributed by atoms with Gasteiger partial charge in [-0.05, 0) is 55.2 Å². The van der Waals surface area contributed by atoms with E-state index in [9.17, 15) is 4.79 Å². The van der Waals surface area contributed by atoms with E-state index >= 15 is 0 Å². The molecule has 0 bridgehead atoms. The summed E-state index contributed by atoms with van der Waals surface area (Å²) < 4.78 is 13.6. The van der Waals surface area contributed by atoms with Crippen molar-refractivity contribution in [1.82, 2.24) is 0 Å². The van der Waals surface area contributed by atoms with Crippen molar-refractivity contribution < 1.29 is 13.6 Å². The molecule has 0 unspecified atom stereocenters. The van der Waals surface area contributed by atoms with Gasteiger partial charge in [-0.15, -0.1) is 0 Å². The van der Waals surface area contributed by atoms with Crippen molar-refractivity contribution in [3.8, 4) is 0 Å². The minimum atomic E-state index is -1.89. The molecule has 0 N–H and O–H groups in total. The highest BCUT2D eigenvalue weighted by atomic mass is 32.2. The molecule has 2 heterocycles. The van der Waals surface area contributed by atoms with Gasteiger partial charge < -0.3 is 8.85 Å². The van der Waals surface area contributed by atoms with Gasteiger partial charge >= 0.3 is 0 Å². The smallest absolute Gasteiger partial charge is 0.212 e. The monoisotopic (exact) mass is 474 g/mol. The Bertz CT molecular complexity index is 621. The summed E-state index contributed by atoms with van der Waals surface area (Å²) in [6, 6.07) is 0. The molecule has 4 atom stereocenters. The van der Waals surface area contributed by atoms with E-state index in [1.54, 1.807) is 6.08 Å². The summed E-state index contributed by atoms with van der Waals surface area (Å²) in [6.07, 6.45) is 6.28. The first-order chi connectivity index (χ1) is 13.0. The number of carbonyl (C=O) groups excluding carboxylic acids is 1. The first-order valence-electron chi connectivity index (χ1n) is 10.9. The van der Waals surface area contributed by atoms with E-state index in [-0.39, 0.29) is 21.3 Å². The predicted octanol–water partition coefficient (Wildman–Crippen LogP) is 6.86. The third-order valence-corrected chi connectivity index (χ3v) is 19.3. The number of hydrogen-bond acceptors (Lipinski definition) is 5. The highest BCUT2D eigenvalue weighted by Gasteiger charge is 2.45. The fourth-order valence-electron chi connectivity index (χ4n) is 3.07. The van der Waals surface area contributed by atoms with Crippen LogP contribution in [-0.4, -0.2) is 50.2 Å². The summed E-state index contributed by atoms with van der Waals surface area (Å²) in [5.41, 5.74) is 0. The maximum absolute atomic E-state index is 11.7. The van der Waals surface area contributed by atoms with Crippen LogP contribution in [0.5, 0.6) is 0 Å². The molecule has 168 valence electrons. The Morgan fingerprint density at radius 3 is 2.10 bits per heavy atom. The van der Waals surface area contributed by atoms with E-state index in [0.29, 0.717) is 22.4 Å². The van der Waals surface area contributed by atoms with Crippen LogP contribution in [0, 0.1) is 0 Å². The quantitative estimate of drug-likeness (QED) is 0.377. The van der Waals surface area contributed by atoms with Crippen LogP contribution in [0.2, 0.25) is 36.3 Å². The van der Waals surface area contributed by atoms with E-state index in [1.807, 2.05) is 11.8 Å². The Morgan fingerprint density at radius 1 is 1.03 bits per heavy atom. The predicted molar refractivity (Wildman–Crippen MR) is 135 cm³/mol. The van der Waals surface area contributed by atoms with Crippen LogP contribution >= 0.6 is 23.5 Å². The Kier molecular flexibility index (Phi) is 8.11. The van der Waals surface area contributed by atoms with Crippen molar-refractivity contribution in [2.24, 2.45) is 0 Å². The Labute approximate surface area is 189 Å². The summed E-state index contributed by atoms with van der Waals surface area (Å²) >= 11 is 3.52. The minimum absolute atomic E-state index is 0.131. The number of carbonyl (C=O) groups is 1. The molecular weight excluding hydrogens is 433 g/mol. The van der Waals surface area contributed by atoms with Crippen LogP contribution in [-0.2, 0) is 13.6 Å². The molecule has 1 saturated heterocycles. The first kappa shape index (κ1) is 25.7. The van der Waals surface area contributed by atoms with Gasteiger partial charge in [-0.1, -0.05) is 59.4 Å². The molecule has 2 aliphatic heterocycles. The fraction of sp³-hybridized carbons (Fsp3) is 0.864. The van der Waals surface area contributed by atoms with Crippen molar-refractivity contribution >= 4 is 45.3 Å². The molecule has 1 fully saturated rings. The van der Waals surface area contributed by atoms with Gasteiger partial charge in [0.1, 0.15) is 0 Å². The van der Waals surface area contributed by atoms with E-state index < -0.39 is 16.6 Å². The maximum atomic E-state index is 11.7. The lowest BCUT2D eigenvalue weighted by molar-refractivity contribution is -0.106. The van der Waals surface area contributed by atoms with Gasteiger partial charge in [0.05, 0.1) is 12.7 Å². The summed E-state index contributed by atoms with van der Waals surface area (Å²) in [7, 11) is -3.72. The zero-order chi connectivity index (χ0) is 22.3. The van der Waals surface area contributed by atoms with Crippen LogP contribution < -0.4 is 0 Å². The van der Waals surface area contributed by atoms with E-state index in [2.05, 4.69) is 73.8 Å². The second kappa shape index (κ2) is 9.14. The topological polar surface area (TPSA) is 35.5 Å². The molecule has 7 heteroatoms. The van der Waals surface area contributed by atoms with Gasteiger partial charge in [-0.25, -0.2) is 0 Å². The Morgan fingerprint density at radius 2 is 1.62 bits per heavy atom. The van der Waals surface area contributed by atoms with E-state index in [0.717, 1.165) is 12.8 Å². The van der Waals surface area contributed by atoms with Crippen molar-refractivity contribution in [2.75, 3.05) is 6.61 Å². The fourth-order valence-corrected chi connectivity index (χ4v) is 8.30. The molecule has 0 aromatic rings. The van der Waals surface area contributed by atoms with Crippen LogP contribution in [0.3, 0.4) is 0 Å². The molecule has 0 amide bonds. The number of thioether (sulfide) groups is 2. The third kappa shape index (κ3) is 6.48. The number of hydrogen-bond donors (Lipinski definition) is 0. The normalized spacial score (nSPS) is 27.7. The molecule has 0 saturated carbocycles. The molecule has 0 aromatic carbocycles. The molecule has 2 aliphatic rings. The highest BCUT2D eigenvalue weighted by Crippen LogP contribution is 2.46. The molecule has 0 aliphatic carbocycles. The Hall–Kier alpha value is 0.464. The maximum Gasteiger partial charge on any atom is 0.212 e. The molecule has 3 nitrogen and oxygen atoms in total. The average Bonchev–Trinajstić information content (AvgIpc) is 3.18. The lowest BCUT2D eigenvalue weighted by Gasteiger charge is -2.43. The van der Waals surface area contributed by atoms with Crippen molar-refractivity contribution in [2.45, 2.75) is 113 Å². The molecule has 0 aromatic heterocycles. The second-order valence-corrected chi connectivity index (χ2v) is 23.8. The zero-order valence-electron chi connectivity index (χ0n) is 20.1. The van der Waals surface area contributed by atoms with Crippen LogP contribution in [0.25, 0.3) is 0 Å². The lowest BCUT2D eigenvalue weighted by Crippen LogP contribution is -2.50. The molecule has 2 rings (SSSR count). The third-order valence-electron chi connectivity index (χ3n) is 7.21. The lowest BCUT2D eigenvalue weighted by atomic mass is 10.1. The van der Waals surface area contributed by atoms with Crippen molar-refractivity contribution in [3.05, 3.63) is 12.2 Å². The van der Waals surface area contributed by atoms with Gasteiger partial charge in [0, 0.05) is 15.7 Å². The van der Waals surface area contributed by atoms with Gasteiger partial charge in [-0.2, -0.15) is 11.8 Å². The van der Waals surface area contributed by atoms with Gasteiger partial charge in [0.2, 0.25) is 5.12 Å². The zero-order valence-corrected chi connectivity index (χ0v) is 23.8.